The summed E-state index contributed by atoms with van der Waals surface area (Å²) < 4.78 is 5.64. The van der Waals surface area contributed by atoms with E-state index in [2.05, 4.69) is 0 Å². The van der Waals surface area contributed by atoms with Crippen LogP contribution in [0.5, 0.6) is 11.5 Å². The quantitative estimate of drug-likeness (QED) is 0.879. The molecule has 0 aliphatic heterocycles. The third kappa shape index (κ3) is 2.54. The van der Waals surface area contributed by atoms with Crippen molar-refractivity contribution in [3.05, 3.63) is 59.1 Å². The number of halogens is 1. The fourth-order valence-corrected chi connectivity index (χ4v) is 1.57. The third-order valence-electron chi connectivity index (χ3n) is 2.17. The molecule has 0 amide bonds. The molecule has 2 nitrogen and oxygen atoms in total. The SMILES string of the molecule is OCc1ccccc1Oc1cccc(Cl)c1. The second-order valence-corrected chi connectivity index (χ2v) is 3.76. The highest BCUT2D eigenvalue weighted by Crippen LogP contribution is 2.26. The largest absolute Gasteiger partial charge is 0.457 e. The van der Waals surface area contributed by atoms with E-state index in [4.69, 9.17) is 21.4 Å². The summed E-state index contributed by atoms with van der Waals surface area (Å²) in [6.45, 7) is -0.0449. The summed E-state index contributed by atoms with van der Waals surface area (Å²) in [4.78, 5) is 0. The van der Waals surface area contributed by atoms with Crippen molar-refractivity contribution in [3.8, 4) is 11.5 Å². The fourth-order valence-electron chi connectivity index (χ4n) is 1.39. The molecule has 2 aromatic carbocycles. The van der Waals surface area contributed by atoms with E-state index in [0.717, 1.165) is 5.56 Å². The highest BCUT2D eigenvalue weighted by atomic mass is 35.5. The lowest BCUT2D eigenvalue weighted by Gasteiger charge is -2.09. The molecule has 3 heteroatoms. The Kier molecular flexibility index (Phi) is 3.44. The van der Waals surface area contributed by atoms with Crippen LogP contribution in [0.4, 0.5) is 0 Å². The van der Waals surface area contributed by atoms with E-state index in [1.807, 2.05) is 36.4 Å². The van der Waals surface area contributed by atoms with Crippen molar-refractivity contribution < 1.29 is 9.84 Å². The van der Waals surface area contributed by atoms with Gasteiger partial charge in [0.2, 0.25) is 0 Å². The van der Waals surface area contributed by atoms with Crippen LogP contribution in [0.15, 0.2) is 48.5 Å². The first-order valence-electron chi connectivity index (χ1n) is 4.92. The zero-order chi connectivity index (χ0) is 11.4. The van der Waals surface area contributed by atoms with Crippen molar-refractivity contribution in [1.29, 1.82) is 0 Å². The van der Waals surface area contributed by atoms with Gasteiger partial charge in [0.05, 0.1) is 6.61 Å². The second kappa shape index (κ2) is 5.01. The number of ether oxygens (including phenoxy) is 1. The zero-order valence-electron chi connectivity index (χ0n) is 8.56. The third-order valence-corrected chi connectivity index (χ3v) is 2.40. The minimum absolute atomic E-state index is 0.0449. The molecule has 0 heterocycles. The minimum atomic E-state index is -0.0449. The maximum atomic E-state index is 9.14. The number of hydrogen-bond donors (Lipinski definition) is 1. The molecule has 0 unspecified atom stereocenters. The lowest BCUT2D eigenvalue weighted by Crippen LogP contribution is -1.90. The number of benzene rings is 2. The molecule has 82 valence electrons. The van der Waals surface area contributed by atoms with Crippen molar-refractivity contribution in [2.24, 2.45) is 0 Å². The summed E-state index contributed by atoms with van der Waals surface area (Å²) in [7, 11) is 0. The molecule has 0 atom stereocenters. The Morgan fingerprint density at radius 1 is 1.06 bits per heavy atom. The first-order chi connectivity index (χ1) is 7.79. The topological polar surface area (TPSA) is 29.5 Å². The van der Waals surface area contributed by atoms with Crippen LogP contribution in [0.1, 0.15) is 5.56 Å². The number of para-hydroxylation sites is 1. The maximum Gasteiger partial charge on any atom is 0.132 e. The molecule has 0 aromatic heterocycles. The van der Waals surface area contributed by atoms with Gasteiger partial charge in [0.25, 0.3) is 0 Å². The molecular formula is C13H11ClO2. The lowest BCUT2D eigenvalue weighted by molar-refractivity contribution is 0.276. The molecule has 0 saturated heterocycles. The number of rotatable bonds is 3. The van der Waals surface area contributed by atoms with E-state index in [-0.39, 0.29) is 6.61 Å². The molecule has 1 N–H and O–H groups in total. The number of hydrogen-bond acceptors (Lipinski definition) is 2. The van der Waals surface area contributed by atoms with Gasteiger partial charge in [0, 0.05) is 10.6 Å². The summed E-state index contributed by atoms with van der Waals surface area (Å²) in [5, 5.41) is 9.77. The van der Waals surface area contributed by atoms with Gasteiger partial charge in [-0.2, -0.15) is 0 Å². The highest BCUT2D eigenvalue weighted by Gasteiger charge is 2.03. The highest BCUT2D eigenvalue weighted by molar-refractivity contribution is 6.30. The van der Waals surface area contributed by atoms with Crippen molar-refractivity contribution in [2.75, 3.05) is 0 Å². The van der Waals surface area contributed by atoms with Crippen LogP contribution >= 0.6 is 11.6 Å². The van der Waals surface area contributed by atoms with E-state index >= 15 is 0 Å². The Morgan fingerprint density at radius 2 is 1.88 bits per heavy atom. The van der Waals surface area contributed by atoms with Gasteiger partial charge in [-0.3, -0.25) is 0 Å². The Hall–Kier alpha value is -1.51. The van der Waals surface area contributed by atoms with E-state index < -0.39 is 0 Å². The normalized spacial score (nSPS) is 10.1. The molecular weight excluding hydrogens is 224 g/mol. The van der Waals surface area contributed by atoms with E-state index in [0.29, 0.717) is 16.5 Å². The van der Waals surface area contributed by atoms with Crippen LogP contribution in [0.3, 0.4) is 0 Å². The van der Waals surface area contributed by atoms with Crippen LogP contribution in [-0.2, 0) is 6.61 Å². The first-order valence-corrected chi connectivity index (χ1v) is 5.29. The monoisotopic (exact) mass is 234 g/mol. The molecule has 0 saturated carbocycles. The van der Waals surface area contributed by atoms with Gasteiger partial charge in [-0.25, -0.2) is 0 Å². The van der Waals surface area contributed by atoms with Gasteiger partial charge in [0.15, 0.2) is 0 Å². The Morgan fingerprint density at radius 3 is 2.62 bits per heavy atom. The molecule has 0 bridgehead atoms. The van der Waals surface area contributed by atoms with Gasteiger partial charge in [-0.05, 0) is 24.3 Å². The number of aliphatic hydroxyl groups excluding tert-OH is 1. The van der Waals surface area contributed by atoms with Crippen molar-refractivity contribution >= 4 is 11.6 Å². The smallest absolute Gasteiger partial charge is 0.132 e. The average Bonchev–Trinajstić information content (AvgIpc) is 2.30. The molecule has 0 fully saturated rings. The van der Waals surface area contributed by atoms with Gasteiger partial charge in [-0.1, -0.05) is 35.9 Å². The summed E-state index contributed by atoms with van der Waals surface area (Å²) >= 11 is 5.86. The molecule has 0 radical (unpaired) electrons. The molecule has 2 aromatic rings. The van der Waals surface area contributed by atoms with Crippen LogP contribution in [0.2, 0.25) is 5.02 Å². The fraction of sp³-hybridized carbons (Fsp3) is 0.0769. The summed E-state index contributed by atoms with van der Waals surface area (Å²) in [6.07, 6.45) is 0. The number of aliphatic hydroxyl groups is 1. The predicted molar refractivity (Wildman–Crippen MR) is 63.9 cm³/mol. The standard InChI is InChI=1S/C13H11ClO2/c14-11-5-3-6-12(8-11)16-13-7-2-1-4-10(13)9-15/h1-8,15H,9H2. The van der Waals surface area contributed by atoms with Crippen LogP contribution in [0.25, 0.3) is 0 Å². The van der Waals surface area contributed by atoms with E-state index in [9.17, 15) is 0 Å². The van der Waals surface area contributed by atoms with Crippen LogP contribution in [-0.4, -0.2) is 5.11 Å². The molecule has 16 heavy (non-hydrogen) atoms. The van der Waals surface area contributed by atoms with E-state index in [1.165, 1.54) is 0 Å². The predicted octanol–water partition coefficient (Wildman–Crippen LogP) is 3.62. The minimum Gasteiger partial charge on any atom is -0.457 e. The molecule has 0 spiro atoms. The van der Waals surface area contributed by atoms with Crippen LogP contribution in [0, 0.1) is 0 Å². The Labute approximate surface area is 99.1 Å². The van der Waals surface area contributed by atoms with Gasteiger partial charge < -0.3 is 9.84 Å². The summed E-state index contributed by atoms with van der Waals surface area (Å²) in [5.41, 5.74) is 0.752. The van der Waals surface area contributed by atoms with Gasteiger partial charge >= 0.3 is 0 Å². The second-order valence-electron chi connectivity index (χ2n) is 3.33. The van der Waals surface area contributed by atoms with Gasteiger partial charge in [0.1, 0.15) is 11.5 Å². The van der Waals surface area contributed by atoms with Gasteiger partial charge in [-0.15, -0.1) is 0 Å². The van der Waals surface area contributed by atoms with Crippen molar-refractivity contribution in [1.82, 2.24) is 0 Å². The molecule has 0 aliphatic carbocycles. The molecule has 0 aliphatic rings. The van der Waals surface area contributed by atoms with Crippen LogP contribution < -0.4 is 4.74 Å². The van der Waals surface area contributed by atoms with Crippen molar-refractivity contribution in [3.63, 3.8) is 0 Å². The first kappa shape index (κ1) is 11.0. The summed E-state index contributed by atoms with van der Waals surface area (Å²) in [6, 6.07) is 14.5. The summed E-state index contributed by atoms with van der Waals surface area (Å²) in [5.74, 6) is 1.31. The molecule has 2 rings (SSSR count). The maximum absolute atomic E-state index is 9.14. The Bertz CT molecular complexity index is 483. The Balaban J connectivity index is 2.26. The van der Waals surface area contributed by atoms with E-state index in [1.54, 1.807) is 12.1 Å². The lowest BCUT2D eigenvalue weighted by atomic mass is 10.2. The van der Waals surface area contributed by atoms with Crippen molar-refractivity contribution in [2.45, 2.75) is 6.61 Å². The average molecular weight is 235 g/mol. The zero-order valence-corrected chi connectivity index (χ0v) is 9.32.